The Bertz CT molecular complexity index is 781. The van der Waals surface area contributed by atoms with Crippen molar-refractivity contribution in [3.05, 3.63) is 64.3 Å². The number of phenols is 1. The topological polar surface area (TPSA) is 92.2 Å². The second-order valence-electron chi connectivity index (χ2n) is 4.55. The Kier molecular flexibility index (Phi) is 3.16. The number of halogens is 1. The van der Waals surface area contributed by atoms with Crippen LogP contribution in [0.4, 0.5) is 0 Å². The molecule has 0 bridgehead atoms. The second kappa shape index (κ2) is 5.00. The Morgan fingerprint density at radius 1 is 1.43 bits per heavy atom. The molecule has 1 atom stereocenters. The van der Waals surface area contributed by atoms with Crippen LogP contribution < -0.4 is 10.5 Å². The van der Waals surface area contributed by atoms with E-state index in [4.69, 9.17) is 22.1 Å². The number of ether oxygens (including phenoxy) is 1. The zero-order valence-corrected chi connectivity index (χ0v) is 11.5. The number of fused-ring (bicyclic) bond motifs is 1. The van der Waals surface area contributed by atoms with Crippen LogP contribution in [-0.2, 0) is 0 Å². The number of hydrogen-bond donors (Lipinski definition) is 2. The molecule has 0 saturated carbocycles. The molecule has 5 nitrogen and oxygen atoms in total. The number of phenolic OH excluding ortho intramolecular Hbond substituents is 1. The van der Waals surface area contributed by atoms with E-state index < -0.39 is 5.92 Å². The molecule has 0 radical (unpaired) electrons. The molecule has 0 saturated heterocycles. The van der Waals surface area contributed by atoms with Gasteiger partial charge in [-0.1, -0.05) is 17.7 Å². The van der Waals surface area contributed by atoms with Crippen molar-refractivity contribution in [2.75, 3.05) is 0 Å². The minimum absolute atomic E-state index is 0.0144. The van der Waals surface area contributed by atoms with Gasteiger partial charge in [0.15, 0.2) is 0 Å². The van der Waals surface area contributed by atoms with Crippen LogP contribution in [0.25, 0.3) is 0 Å². The minimum Gasteiger partial charge on any atom is -0.506 e. The molecule has 2 aromatic rings. The average Bonchev–Trinajstić information content (AvgIpc) is 2.49. The summed E-state index contributed by atoms with van der Waals surface area (Å²) >= 11 is 5.97. The lowest BCUT2D eigenvalue weighted by molar-refractivity contribution is 0.388. The van der Waals surface area contributed by atoms with Crippen LogP contribution >= 0.6 is 11.6 Å². The number of hydrogen-bond acceptors (Lipinski definition) is 5. The Hall–Kier alpha value is -2.71. The highest BCUT2D eigenvalue weighted by atomic mass is 35.5. The molecule has 1 aromatic heterocycles. The number of aromatic nitrogens is 1. The maximum absolute atomic E-state index is 9.70. The van der Waals surface area contributed by atoms with E-state index in [9.17, 15) is 10.4 Å². The maximum atomic E-state index is 9.70. The third kappa shape index (κ3) is 2.16. The Balaban J connectivity index is 2.26. The largest absolute Gasteiger partial charge is 0.506 e. The fraction of sp³-hybridized carbons (Fsp3) is 0.0667. The average molecular weight is 300 g/mol. The summed E-state index contributed by atoms with van der Waals surface area (Å²) in [5.74, 6) is -0.137. The molecule has 2 heterocycles. The lowest BCUT2D eigenvalue weighted by Gasteiger charge is -2.26. The minimum atomic E-state index is -0.425. The van der Waals surface area contributed by atoms with E-state index in [1.807, 2.05) is 6.07 Å². The number of rotatable bonds is 1. The van der Waals surface area contributed by atoms with Crippen molar-refractivity contribution in [3.8, 4) is 17.6 Å². The van der Waals surface area contributed by atoms with Gasteiger partial charge in [0.1, 0.15) is 23.1 Å². The van der Waals surface area contributed by atoms with Gasteiger partial charge in [-0.05, 0) is 17.7 Å². The highest BCUT2D eigenvalue weighted by molar-refractivity contribution is 6.32. The zero-order valence-electron chi connectivity index (χ0n) is 10.7. The number of allylic oxidation sites excluding steroid dienone is 1. The Labute approximate surface area is 125 Å². The summed E-state index contributed by atoms with van der Waals surface area (Å²) in [6.07, 6.45) is 3.30. The molecule has 6 heteroatoms. The molecule has 104 valence electrons. The Morgan fingerprint density at radius 2 is 2.24 bits per heavy atom. The SMILES string of the molecule is N#CC1=C(N)Oc2cc(O)c(Cl)cc2C1c1cccnc1. The van der Waals surface area contributed by atoms with Gasteiger partial charge in [0, 0.05) is 24.0 Å². The Morgan fingerprint density at radius 3 is 2.90 bits per heavy atom. The summed E-state index contributed by atoms with van der Waals surface area (Å²) in [6.45, 7) is 0. The van der Waals surface area contributed by atoms with E-state index in [0.717, 1.165) is 5.56 Å². The van der Waals surface area contributed by atoms with Gasteiger partial charge < -0.3 is 15.6 Å². The van der Waals surface area contributed by atoms with E-state index in [-0.39, 0.29) is 22.2 Å². The number of pyridine rings is 1. The summed E-state index contributed by atoms with van der Waals surface area (Å²) in [6, 6.07) is 8.66. The number of nitriles is 1. The number of benzene rings is 1. The van der Waals surface area contributed by atoms with Crippen LogP contribution in [0.3, 0.4) is 0 Å². The van der Waals surface area contributed by atoms with Crippen LogP contribution in [0.5, 0.6) is 11.5 Å². The highest BCUT2D eigenvalue weighted by Gasteiger charge is 2.31. The molecule has 1 unspecified atom stereocenters. The van der Waals surface area contributed by atoms with E-state index >= 15 is 0 Å². The second-order valence-corrected chi connectivity index (χ2v) is 4.96. The summed E-state index contributed by atoms with van der Waals surface area (Å²) in [4.78, 5) is 4.07. The van der Waals surface area contributed by atoms with E-state index in [1.54, 1.807) is 24.5 Å². The fourth-order valence-corrected chi connectivity index (χ4v) is 2.53. The van der Waals surface area contributed by atoms with Crippen LogP contribution in [0.1, 0.15) is 17.0 Å². The van der Waals surface area contributed by atoms with Crippen molar-refractivity contribution in [2.45, 2.75) is 5.92 Å². The lowest BCUT2D eigenvalue weighted by Crippen LogP contribution is -2.21. The van der Waals surface area contributed by atoms with Crippen molar-refractivity contribution in [3.63, 3.8) is 0 Å². The first kappa shape index (κ1) is 13.3. The molecule has 1 aliphatic heterocycles. The molecule has 0 aliphatic carbocycles. The number of nitrogens with two attached hydrogens (primary N) is 1. The molecule has 21 heavy (non-hydrogen) atoms. The predicted octanol–water partition coefficient (Wildman–Crippen LogP) is 2.66. The van der Waals surface area contributed by atoms with Crippen LogP contribution in [0.2, 0.25) is 5.02 Å². The van der Waals surface area contributed by atoms with Gasteiger partial charge in [-0.3, -0.25) is 4.98 Å². The summed E-state index contributed by atoms with van der Waals surface area (Å²) in [7, 11) is 0. The molecule has 0 amide bonds. The highest BCUT2D eigenvalue weighted by Crippen LogP contribution is 2.45. The van der Waals surface area contributed by atoms with Crippen molar-refractivity contribution in [1.29, 1.82) is 5.26 Å². The van der Waals surface area contributed by atoms with E-state index in [0.29, 0.717) is 11.3 Å². The van der Waals surface area contributed by atoms with E-state index in [1.165, 1.54) is 6.07 Å². The quantitative estimate of drug-likeness (QED) is 0.844. The lowest BCUT2D eigenvalue weighted by atomic mass is 9.84. The third-order valence-corrected chi connectivity index (χ3v) is 3.61. The predicted molar refractivity (Wildman–Crippen MR) is 76.7 cm³/mol. The fourth-order valence-electron chi connectivity index (χ4n) is 2.36. The monoisotopic (exact) mass is 299 g/mol. The molecule has 0 fully saturated rings. The van der Waals surface area contributed by atoms with Gasteiger partial charge >= 0.3 is 0 Å². The summed E-state index contributed by atoms with van der Waals surface area (Å²) < 4.78 is 5.42. The third-order valence-electron chi connectivity index (χ3n) is 3.30. The van der Waals surface area contributed by atoms with Gasteiger partial charge in [0.05, 0.1) is 10.9 Å². The molecule has 3 N–H and O–H groups in total. The molecule has 1 aromatic carbocycles. The van der Waals surface area contributed by atoms with Gasteiger partial charge in [0.25, 0.3) is 0 Å². The summed E-state index contributed by atoms with van der Waals surface area (Å²) in [5.41, 5.74) is 7.57. The normalized spacial score (nSPS) is 16.9. The summed E-state index contributed by atoms with van der Waals surface area (Å²) in [5, 5.41) is 19.3. The molecule has 1 aliphatic rings. The van der Waals surface area contributed by atoms with Crippen molar-refractivity contribution in [1.82, 2.24) is 4.98 Å². The van der Waals surface area contributed by atoms with Gasteiger partial charge in [-0.15, -0.1) is 0 Å². The standard InChI is InChI=1S/C15H10ClN3O2/c16-11-4-9-13(5-12(11)20)21-15(18)10(6-17)14(9)8-2-1-3-19-7-8/h1-5,7,14,20H,18H2. The zero-order chi connectivity index (χ0) is 15.0. The first-order chi connectivity index (χ1) is 10.1. The smallest absolute Gasteiger partial charge is 0.205 e. The van der Waals surface area contributed by atoms with Crippen LogP contribution in [0, 0.1) is 11.3 Å². The molecular formula is C15H10ClN3O2. The molecule has 0 spiro atoms. The van der Waals surface area contributed by atoms with Crippen molar-refractivity contribution < 1.29 is 9.84 Å². The van der Waals surface area contributed by atoms with Crippen molar-refractivity contribution >= 4 is 11.6 Å². The van der Waals surface area contributed by atoms with Gasteiger partial charge in [-0.25, -0.2) is 0 Å². The molecular weight excluding hydrogens is 290 g/mol. The van der Waals surface area contributed by atoms with E-state index in [2.05, 4.69) is 11.1 Å². The number of nitrogens with zero attached hydrogens (tertiary/aromatic N) is 2. The van der Waals surface area contributed by atoms with Crippen molar-refractivity contribution in [2.24, 2.45) is 5.73 Å². The van der Waals surface area contributed by atoms with Gasteiger partial charge in [-0.2, -0.15) is 5.26 Å². The first-order valence-corrected chi connectivity index (χ1v) is 6.49. The van der Waals surface area contributed by atoms with Gasteiger partial charge in [0.2, 0.25) is 5.88 Å². The number of aromatic hydroxyl groups is 1. The first-order valence-electron chi connectivity index (χ1n) is 6.11. The maximum Gasteiger partial charge on any atom is 0.205 e. The molecule has 3 rings (SSSR count). The van der Waals surface area contributed by atoms with Crippen LogP contribution in [-0.4, -0.2) is 10.1 Å². The van der Waals surface area contributed by atoms with Crippen LogP contribution in [0.15, 0.2) is 48.1 Å².